The Hall–Kier alpha value is -0.770. The van der Waals surface area contributed by atoms with Crippen LogP contribution in [0.2, 0.25) is 0 Å². The minimum absolute atomic E-state index is 0.0430. The lowest BCUT2D eigenvalue weighted by molar-refractivity contribution is -0.123. The number of carbonyl (C=O) groups excluding carboxylic acids is 1. The summed E-state index contributed by atoms with van der Waals surface area (Å²) in [4.78, 5) is 12.1. The number of rotatable bonds is 24. The fraction of sp³-hybridized carbons (Fsp3) is 0.958. The van der Waals surface area contributed by atoms with Gasteiger partial charge < -0.3 is 34.3 Å². The van der Waals surface area contributed by atoms with E-state index in [2.05, 4.69) is 24.5 Å². The summed E-state index contributed by atoms with van der Waals surface area (Å²) in [6.45, 7) is 14.8. The molecule has 0 aliphatic rings. The van der Waals surface area contributed by atoms with Crippen LogP contribution in [0.3, 0.4) is 0 Å². The highest BCUT2D eigenvalue weighted by atomic mass is 16.5. The Morgan fingerprint density at radius 3 is 1.91 bits per heavy atom. The zero-order chi connectivity index (χ0) is 23.9. The van der Waals surface area contributed by atoms with E-state index in [1.165, 1.54) is 0 Å². The lowest BCUT2D eigenvalue weighted by Crippen LogP contribution is -2.43. The molecule has 8 nitrogen and oxygen atoms in total. The molecule has 0 atom stereocenters. The molecule has 0 saturated carbocycles. The summed E-state index contributed by atoms with van der Waals surface area (Å²) < 4.78 is 27.5. The van der Waals surface area contributed by atoms with Crippen LogP contribution in [0.5, 0.6) is 0 Å². The van der Waals surface area contributed by atoms with Crippen molar-refractivity contribution in [3.63, 3.8) is 0 Å². The van der Waals surface area contributed by atoms with Crippen molar-refractivity contribution in [2.45, 2.75) is 77.9 Å². The van der Waals surface area contributed by atoms with Crippen molar-refractivity contribution in [1.82, 2.24) is 10.6 Å². The Morgan fingerprint density at radius 2 is 1.28 bits per heavy atom. The Balaban J connectivity index is 3.47. The molecule has 1 amide bonds. The maximum Gasteiger partial charge on any atom is 0.222 e. The normalized spacial score (nSPS) is 11.9. The van der Waals surface area contributed by atoms with Crippen LogP contribution >= 0.6 is 0 Å². The average Bonchev–Trinajstić information content (AvgIpc) is 2.72. The van der Waals surface area contributed by atoms with Crippen LogP contribution < -0.4 is 10.6 Å². The SMILES string of the molecule is CNCCOCCOCCOCCCCC(C)(C)NC(=O)CCOCCCCOC(C)C. The molecule has 0 saturated heterocycles. The van der Waals surface area contributed by atoms with E-state index >= 15 is 0 Å². The Kier molecular flexibility index (Phi) is 21.5. The summed E-state index contributed by atoms with van der Waals surface area (Å²) in [5, 5.41) is 6.13. The zero-order valence-electron chi connectivity index (χ0n) is 21.3. The maximum absolute atomic E-state index is 12.1. The second-order valence-electron chi connectivity index (χ2n) is 8.82. The Morgan fingerprint density at radius 1 is 0.750 bits per heavy atom. The minimum atomic E-state index is -0.221. The van der Waals surface area contributed by atoms with Crippen molar-refractivity contribution in [3.05, 3.63) is 0 Å². The van der Waals surface area contributed by atoms with Crippen molar-refractivity contribution in [3.8, 4) is 0 Å². The standard InChI is InChI=1S/C24H50N2O6/c1-22(2)32-15-9-8-14-28-16-10-23(27)26-24(3,4)11-6-7-13-29-18-20-31-21-19-30-17-12-25-5/h22,25H,6-21H2,1-5H3,(H,26,27). The molecule has 0 unspecified atom stereocenters. The van der Waals surface area contributed by atoms with E-state index in [0.29, 0.717) is 59.3 Å². The van der Waals surface area contributed by atoms with Gasteiger partial charge in [-0.1, -0.05) is 0 Å². The predicted molar refractivity (Wildman–Crippen MR) is 128 cm³/mol. The number of carbonyl (C=O) groups is 1. The molecule has 0 aromatic heterocycles. The molecule has 0 aliphatic heterocycles. The van der Waals surface area contributed by atoms with E-state index in [1.807, 2.05) is 20.9 Å². The second-order valence-corrected chi connectivity index (χ2v) is 8.82. The molecule has 0 aromatic rings. The fourth-order valence-corrected chi connectivity index (χ4v) is 2.88. The molecule has 0 rings (SSSR count). The molecular weight excluding hydrogens is 412 g/mol. The second kappa shape index (κ2) is 22.0. The molecule has 0 bridgehead atoms. The number of hydrogen-bond donors (Lipinski definition) is 2. The van der Waals surface area contributed by atoms with Gasteiger partial charge in [0.05, 0.1) is 45.7 Å². The quantitative estimate of drug-likeness (QED) is 0.213. The minimum Gasteiger partial charge on any atom is -0.381 e. The van der Waals surface area contributed by atoms with Crippen LogP contribution in [-0.2, 0) is 28.5 Å². The third-order valence-electron chi connectivity index (χ3n) is 4.67. The fourth-order valence-electron chi connectivity index (χ4n) is 2.88. The van der Waals surface area contributed by atoms with Gasteiger partial charge in [0.25, 0.3) is 0 Å². The molecule has 0 radical (unpaired) electrons. The van der Waals surface area contributed by atoms with E-state index in [1.54, 1.807) is 0 Å². The van der Waals surface area contributed by atoms with Gasteiger partial charge in [0.1, 0.15) is 0 Å². The Bertz CT molecular complexity index is 421. The van der Waals surface area contributed by atoms with Crippen molar-refractivity contribution >= 4 is 5.91 Å². The highest BCUT2D eigenvalue weighted by molar-refractivity contribution is 5.76. The predicted octanol–water partition coefficient (Wildman–Crippen LogP) is 2.93. The summed E-state index contributed by atoms with van der Waals surface area (Å²) in [6, 6.07) is 0. The summed E-state index contributed by atoms with van der Waals surface area (Å²) in [6.07, 6.45) is 5.51. The Labute approximate surface area is 196 Å². The lowest BCUT2D eigenvalue weighted by atomic mass is 9.97. The van der Waals surface area contributed by atoms with Crippen molar-refractivity contribution in [2.24, 2.45) is 0 Å². The van der Waals surface area contributed by atoms with Gasteiger partial charge in [-0.2, -0.15) is 0 Å². The first-order valence-corrected chi connectivity index (χ1v) is 12.3. The van der Waals surface area contributed by atoms with E-state index in [0.717, 1.165) is 45.3 Å². The molecule has 0 fully saturated rings. The van der Waals surface area contributed by atoms with Gasteiger partial charge in [0.2, 0.25) is 5.91 Å². The third kappa shape index (κ3) is 23.9. The third-order valence-corrected chi connectivity index (χ3v) is 4.67. The lowest BCUT2D eigenvalue weighted by Gasteiger charge is -2.26. The van der Waals surface area contributed by atoms with Gasteiger partial charge in [-0.3, -0.25) is 4.79 Å². The smallest absolute Gasteiger partial charge is 0.222 e. The van der Waals surface area contributed by atoms with E-state index < -0.39 is 0 Å². The summed E-state index contributed by atoms with van der Waals surface area (Å²) in [5.41, 5.74) is -0.221. The number of nitrogens with one attached hydrogen (secondary N) is 2. The average molecular weight is 463 g/mol. The number of likely N-dealkylation sites (N-methyl/N-ethyl adjacent to an activating group) is 1. The molecule has 8 heteroatoms. The number of ether oxygens (including phenoxy) is 5. The molecule has 32 heavy (non-hydrogen) atoms. The topological polar surface area (TPSA) is 87.3 Å². The highest BCUT2D eigenvalue weighted by Crippen LogP contribution is 2.13. The van der Waals surface area contributed by atoms with Gasteiger partial charge in [-0.05, 0) is 66.8 Å². The van der Waals surface area contributed by atoms with E-state index in [4.69, 9.17) is 23.7 Å². The van der Waals surface area contributed by atoms with Crippen molar-refractivity contribution in [1.29, 1.82) is 0 Å². The summed E-state index contributed by atoms with van der Waals surface area (Å²) in [5.74, 6) is 0.0430. The first-order chi connectivity index (χ1) is 15.4. The van der Waals surface area contributed by atoms with Crippen LogP contribution in [0.15, 0.2) is 0 Å². The van der Waals surface area contributed by atoms with Crippen LogP contribution in [0.25, 0.3) is 0 Å². The number of unbranched alkanes of at least 4 members (excludes halogenated alkanes) is 2. The van der Waals surface area contributed by atoms with Gasteiger partial charge in [-0.15, -0.1) is 0 Å². The zero-order valence-corrected chi connectivity index (χ0v) is 21.3. The van der Waals surface area contributed by atoms with E-state index in [-0.39, 0.29) is 17.6 Å². The highest BCUT2D eigenvalue weighted by Gasteiger charge is 2.19. The monoisotopic (exact) mass is 462 g/mol. The molecular formula is C24H50N2O6. The van der Waals surface area contributed by atoms with E-state index in [9.17, 15) is 4.79 Å². The molecule has 192 valence electrons. The van der Waals surface area contributed by atoms with Crippen molar-refractivity contribution < 1.29 is 28.5 Å². The number of amides is 1. The molecule has 0 aromatic carbocycles. The van der Waals surface area contributed by atoms with Gasteiger partial charge in [0.15, 0.2) is 0 Å². The van der Waals surface area contributed by atoms with Gasteiger partial charge in [0, 0.05) is 38.3 Å². The summed E-state index contributed by atoms with van der Waals surface area (Å²) in [7, 11) is 1.90. The van der Waals surface area contributed by atoms with Crippen LogP contribution in [0, 0.1) is 0 Å². The first kappa shape index (κ1) is 31.2. The molecule has 0 aliphatic carbocycles. The van der Waals surface area contributed by atoms with Crippen LogP contribution in [-0.4, -0.2) is 90.6 Å². The van der Waals surface area contributed by atoms with Gasteiger partial charge >= 0.3 is 0 Å². The van der Waals surface area contributed by atoms with Gasteiger partial charge in [-0.25, -0.2) is 0 Å². The molecule has 2 N–H and O–H groups in total. The first-order valence-electron chi connectivity index (χ1n) is 12.3. The van der Waals surface area contributed by atoms with Crippen LogP contribution in [0.4, 0.5) is 0 Å². The largest absolute Gasteiger partial charge is 0.381 e. The summed E-state index contributed by atoms with van der Waals surface area (Å²) >= 11 is 0. The molecule has 0 spiro atoms. The van der Waals surface area contributed by atoms with Crippen LogP contribution in [0.1, 0.15) is 66.2 Å². The number of hydrogen-bond acceptors (Lipinski definition) is 7. The maximum atomic E-state index is 12.1. The van der Waals surface area contributed by atoms with Crippen molar-refractivity contribution in [2.75, 3.05) is 73.1 Å². The molecule has 0 heterocycles.